The van der Waals surface area contributed by atoms with Crippen molar-refractivity contribution in [1.82, 2.24) is 24.6 Å². The molecule has 1 atom stereocenters. The number of imidazole rings is 1. The van der Waals surface area contributed by atoms with Crippen molar-refractivity contribution in [2.24, 2.45) is 0 Å². The molecule has 2 aromatic heterocycles. The van der Waals surface area contributed by atoms with Crippen LogP contribution in [0.2, 0.25) is 0 Å². The first-order valence-electron chi connectivity index (χ1n) is 11.4. The normalized spacial score (nSPS) is 16.2. The van der Waals surface area contributed by atoms with Gasteiger partial charge in [-0.25, -0.2) is 4.98 Å². The molecule has 2 aromatic carbocycles. The Morgan fingerprint density at radius 3 is 2.65 bits per heavy atom. The summed E-state index contributed by atoms with van der Waals surface area (Å²) in [6.07, 6.45) is 1.93. The summed E-state index contributed by atoms with van der Waals surface area (Å²) in [5.74, 6) is 1.13. The lowest BCUT2D eigenvalue weighted by molar-refractivity contribution is -0.386. The van der Waals surface area contributed by atoms with Crippen molar-refractivity contribution in [2.45, 2.75) is 39.2 Å². The second-order valence-electron chi connectivity index (χ2n) is 8.86. The zero-order valence-corrected chi connectivity index (χ0v) is 19.2. The van der Waals surface area contributed by atoms with Gasteiger partial charge >= 0.3 is 5.69 Å². The number of para-hydroxylation sites is 2. The molecule has 1 aliphatic rings. The summed E-state index contributed by atoms with van der Waals surface area (Å²) < 4.78 is 1.63. The van der Waals surface area contributed by atoms with Crippen LogP contribution >= 0.6 is 0 Å². The molecule has 34 heavy (non-hydrogen) atoms. The molecule has 1 fully saturated rings. The number of nitro groups is 1. The highest BCUT2D eigenvalue weighted by atomic mass is 16.6. The highest BCUT2D eigenvalue weighted by Crippen LogP contribution is 2.28. The standard InChI is InChI=1S/C25H26N6O3/c1-16-23(31(33)34)17(2)30(28-16)14-18-9-11-19(12-10-18)25(32)29-13-5-6-20(15-29)24-26-21-7-3-4-8-22(21)27-24/h3-4,7-12,20H,5-6,13-15H2,1-2H3,(H,26,27). The SMILES string of the molecule is Cc1nn(Cc2ccc(C(=O)N3CCCC(c4nc5ccccc5[nH]4)C3)cc2)c(C)c1[N+](=O)[O-]. The number of likely N-dealkylation sites (tertiary alicyclic amines) is 1. The van der Waals surface area contributed by atoms with Gasteiger partial charge in [0.2, 0.25) is 0 Å². The molecule has 174 valence electrons. The molecule has 9 nitrogen and oxygen atoms in total. The third-order valence-electron chi connectivity index (χ3n) is 6.56. The number of H-pyrrole nitrogens is 1. The Morgan fingerprint density at radius 1 is 1.18 bits per heavy atom. The van der Waals surface area contributed by atoms with Gasteiger partial charge < -0.3 is 9.88 Å². The molecule has 1 unspecified atom stereocenters. The van der Waals surface area contributed by atoms with E-state index in [1.807, 2.05) is 53.4 Å². The quantitative estimate of drug-likeness (QED) is 0.353. The number of rotatable bonds is 5. The van der Waals surface area contributed by atoms with Crippen molar-refractivity contribution in [3.63, 3.8) is 0 Å². The largest absolute Gasteiger partial charge is 0.342 e. The molecule has 3 heterocycles. The summed E-state index contributed by atoms with van der Waals surface area (Å²) in [7, 11) is 0. The predicted molar refractivity (Wildman–Crippen MR) is 128 cm³/mol. The van der Waals surface area contributed by atoms with Gasteiger partial charge in [0.05, 0.1) is 22.5 Å². The maximum absolute atomic E-state index is 13.2. The van der Waals surface area contributed by atoms with Gasteiger partial charge in [-0.3, -0.25) is 19.6 Å². The fourth-order valence-electron chi connectivity index (χ4n) is 4.76. The van der Waals surface area contributed by atoms with Crippen molar-refractivity contribution < 1.29 is 9.72 Å². The van der Waals surface area contributed by atoms with Crippen LogP contribution in [-0.4, -0.2) is 48.6 Å². The van der Waals surface area contributed by atoms with E-state index in [1.54, 1.807) is 18.5 Å². The summed E-state index contributed by atoms with van der Waals surface area (Å²) in [5.41, 5.74) is 4.50. The summed E-state index contributed by atoms with van der Waals surface area (Å²) in [6.45, 7) is 5.11. The van der Waals surface area contributed by atoms with Crippen molar-refractivity contribution in [3.8, 4) is 0 Å². The molecular formula is C25H26N6O3. The molecule has 0 saturated carbocycles. The van der Waals surface area contributed by atoms with Crippen molar-refractivity contribution >= 4 is 22.6 Å². The van der Waals surface area contributed by atoms with E-state index in [0.717, 1.165) is 41.8 Å². The van der Waals surface area contributed by atoms with Crippen molar-refractivity contribution in [3.05, 3.63) is 87.0 Å². The van der Waals surface area contributed by atoms with E-state index in [-0.39, 0.29) is 17.5 Å². The first-order chi connectivity index (χ1) is 16.4. The fourth-order valence-corrected chi connectivity index (χ4v) is 4.76. The Hall–Kier alpha value is -4.01. The van der Waals surface area contributed by atoms with Gasteiger partial charge in [-0.2, -0.15) is 5.10 Å². The first kappa shape index (κ1) is 21.8. The summed E-state index contributed by atoms with van der Waals surface area (Å²) in [5, 5.41) is 15.5. The summed E-state index contributed by atoms with van der Waals surface area (Å²) >= 11 is 0. The number of carbonyl (C=O) groups is 1. The van der Waals surface area contributed by atoms with Crippen LogP contribution in [-0.2, 0) is 6.54 Å². The zero-order chi connectivity index (χ0) is 23.8. The predicted octanol–water partition coefficient (Wildman–Crippen LogP) is 4.35. The molecule has 1 N–H and O–H groups in total. The summed E-state index contributed by atoms with van der Waals surface area (Å²) in [6, 6.07) is 15.4. The number of fused-ring (bicyclic) bond motifs is 1. The highest BCUT2D eigenvalue weighted by Gasteiger charge is 2.27. The molecule has 0 spiro atoms. The van der Waals surface area contributed by atoms with Gasteiger partial charge in [-0.15, -0.1) is 0 Å². The minimum atomic E-state index is -0.396. The molecule has 9 heteroatoms. The number of benzene rings is 2. The minimum absolute atomic E-state index is 0.00844. The Kier molecular flexibility index (Phi) is 5.61. The molecular weight excluding hydrogens is 432 g/mol. The average molecular weight is 459 g/mol. The number of amides is 1. The molecule has 1 saturated heterocycles. The van der Waals surface area contributed by atoms with E-state index < -0.39 is 4.92 Å². The van der Waals surface area contributed by atoms with Gasteiger partial charge in [-0.1, -0.05) is 24.3 Å². The van der Waals surface area contributed by atoms with Gasteiger partial charge in [0.25, 0.3) is 5.91 Å². The van der Waals surface area contributed by atoms with Crippen LogP contribution in [0.15, 0.2) is 48.5 Å². The monoisotopic (exact) mass is 458 g/mol. The third-order valence-corrected chi connectivity index (χ3v) is 6.56. The van der Waals surface area contributed by atoms with Gasteiger partial charge in [0.15, 0.2) is 0 Å². The summed E-state index contributed by atoms with van der Waals surface area (Å²) in [4.78, 5) is 34.1. The lowest BCUT2D eigenvalue weighted by Crippen LogP contribution is -2.39. The maximum atomic E-state index is 13.2. The number of aromatic amines is 1. The number of hydrogen-bond acceptors (Lipinski definition) is 5. The lowest BCUT2D eigenvalue weighted by Gasteiger charge is -2.32. The number of hydrogen-bond donors (Lipinski definition) is 1. The van der Waals surface area contributed by atoms with E-state index in [4.69, 9.17) is 4.98 Å². The van der Waals surface area contributed by atoms with Gasteiger partial charge in [0.1, 0.15) is 17.2 Å². The molecule has 1 amide bonds. The Morgan fingerprint density at radius 2 is 1.94 bits per heavy atom. The van der Waals surface area contributed by atoms with E-state index in [0.29, 0.717) is 30.0 Å². The minimum Gasteiger partial charge on any atom is -0.342 e. The topological polar surface area (TPSA) is 110 Å². The number of carbonyl (C=O) groups excluding carboxylic acids is 1. The maximum Gasteiger partial charge on any atom is 0.312 e. The Balaban J connectivity index is 1.28. The smallest absolute Gasteiger partial charge is 0.312 e. The lowest BCUT2D eigenvalue weighted by atomic mass is 9.96. The molecule has 4 aromatic rings. The van der Waals surface area contributed by atoms with Crippen molar-refractivity contribution in [1.29, 1.82) is 0 Å². The second kappa shape index (κ2) is 8.74. The van der Waals surface area contributed by atoms with Gasteiger partial charge in [-0.05, 0) is 56.5 Å². The van der Waals surface area contributed by atoms with Crippen molar-refractivity contribution in [2.75, 3.05) is 13.1 Å². The van der Waals surface area contributed by atoms with Crippen LogP contribution in [0.25, 0.3) is 11.0 Å². The van der Waals surface area contributed by atoms with Crippen LogP contribution < -0.4 is 0 Å². The fraction of sp³-hybridized carbons (Fsp3) is 0.320. The molecule has 5 rings (SSSR count). The Bertz CT molecular complexity index is 1340. The third kappa shape index (κ3) is 4.05. The highest BCUT2D eigenvalue weighted by molar-refractivity contribution is 5.94. The molecule has 0 radical (unpaired) electrons. The van der Waals surface area contributed by atoms with Crippen LogP contribution in [0.1, 0.15) is 51.9 Å². The molecule has 0 aliphatic carbocycles. The molecule has 1 aliphatic heterocycles. The van der Waals surface area contributed by atoms with E-state index >= 15 is 0 Å². The van der Waals surface area contributed by atoms with Crippen LogP contribution in [0.4, 0.5) is 5.69 Å². The number of aryl methyl sites for hydroxylation is 1. The number of nitrogens with one attached hydrogen (secondary N) is 1. The van der Waals surface area contributed by atoms with Crippen LogP contribution in [0.3, 0.4) is 0 Å². The van der Waals surface area contributed by atoms with E-state index in [2.05, 4.69) is 10.1 Å². The number of piperidine rings is 1. The first-order valence-corrected chi connectivity index (χ1v) is 11.4. The Labute approximate surface area is 196 Å². The average Bonchev–Trinajstić information content (AvgIpc) is 3.39. The molecule has 0 bridgehead atoms. The van der Waals surface area contributed by atoms with Crippen LogP contribution in [0, 0.1) is 24.0 Å². The van der Waals surface area contributed by atoms with E-state index in [9.17, 15) is 14.9 Å². The van der Waals surface area contributed by atoms with E-state index in [1.165, 1.54) is 0 Å². The van der Waals surface area contributed by atoms with Gasteiger partial charge in [0, 0.05) is 24.6 Å². The number of aromatic nitrogens is 4. The van der Waals surface area contributed by atoms with Crippen LogP contribution in [0.5, 0.6) is 0 Å². The second-order valence-corrected chi connectivity index (χ2v) is 8.86. The zero-order valence-electron chi connectivity index (χ0n) is 19.2. The number of nitrogens with zero attached hydrogens (tertiary/aromatic N) is 5.